The normalized spacial score (nSPS) is 53.1. The first kappa shape index (κ1) is 26.6. The summed E-state index contributed by atoms with van der Waals surface area (Å²) in [6, 6.07) is 0. The van der Waals surface area contributed by atoms with Crippen LogP contribution in [-0.2, 0) is 23.7 Å². The van der Waals surface area contributed by atoms with Crippen molar-refractivity contribution in [3.05, 3.63) is 0 Å². The zero-order chi connectivity index (χ0) is 25.0. The fraction of sp³-hybridized carbons (Fsp3) is 1.00. The van der Waals surface area contributed by atoms with Crippen LogP contribution >= 0.6 is 0 Å². The predicted octanol–water partition coefficient (Wildman–Crippen LogP) is -2.64. The summed E-state index contributed by atoms with van der Waals surface area (Å²) in [5.41, 5.74) is -0.888. The van der Waals surface area contributed by atoms with Gasteiger partial charge < -0.3 is 59.4 Å². The maximum atomic E-state index is 10.5. The highest BCUT2D eigenvalue weighted by molar-refractivity contribution is 5.04. The standard InChI is InChI=1S/C22H38O12/c1-21(2)9-4-5-22(3,34-21)12(6-9)33-20-18(29)16(27)14(25)11(32-20)8-30-19-17(28)15(26)13(24)10(7-23)31-19/h9-20,23-29H,4-8H2,1-3H3/t9?,10-,11-,12+,13-,14-,15+,16+,17-,18-,19-,20+,22+/m1/s1. The zero-order valence-electron chi connectivity index (χ0n) is 19.6. The van der Waals surface area contributed by atoms with Gasteiger partial charge in [-0.1, -0.05) is 0 Å². The van der Waals surface area contributed by atoms with Crippen molar-refractivity contribution in [2.75, 3.05) is 13.2 Å². The van der Waals surface area contributed by atoms with E-state index in [0.717, 1.165) is 12.8 Å². The Balaban J connectivity index is 1.40. The molecule has 198 valence electrons. The van der Waals surface area contributed by atoms with Crippen molar-refractivity contribution in [2.45, 2.75) is 119 Å². The first-order valence-corrected chi connectivity index (χ1v) is 11.9. The van der Waals surface area contributed by atoms with Crippen LogP contribution in [-0.4, -0.2) is 128 Å². The number of aliphatic hydroxyl groups is 7. The molecule has 34 heavy (non-hydrogen) atoms. The van der Waals surface area contributed by atoms with Crippen LogP contribution in [0.25, 0.3) is 0 Å². The number of fused-ring (bicyclic) bond motifs is 3. The lowest BCUT2D eigenvalue weighted by atomic mass is 9.67. The Morgan fingerprint density at radius 2 is 1.38 bits per heavy atom. The number of rotatable bonds is 6. The smallest absolute Gasteiger partial charge is 0.187 e. The molecular formula is C22H38O12. The molecule has 0 spiro atoms. The zero-order valence-corrected chi connectivity index (χ0v) is 19.6. The summed E-state index contributed by atoms with van der Waals surface area (Å²) in [4.78, 5) is 0. The van der Waals surface area contributed by atoms with Crippen molar-refractivity contribution in [2.24, 2.45) is 5.92 Å². The minimum absolute atomic E-state index is 0.265. The number of ether oxygens (including phenoxy) is 5. The summed E-state index contributed by atoms with van der Waals surface area (Å²) in [6.07, 6.45) is -12.4. The highest BCUT2D eigenvalue weighted by atomic mass is 16.7. The molecule has 12 nitrogen and oxygen atoms in total. The summed E-state index contributed by atoms with van der Waals surface area (Å²) >= 11 is 0. The number of hydrogen-bond donors (Lipinski definition) is 7. The summed E-state index contributed by atoms with van der Waals surface area (Å²) in [5, 5.41) is 70.6. The van der Waals surface area contributed by atoms with Gasteiger partial charge in [0.25, 0.3) is 0 Å². The van der Waals surface area contributed by atoms with Crippen LogP contribution < -0.4 is 0 Å². The number of hydrogen-bond acceptors (Lipinski definition) is 12. The molecule has 4 aliphatic heterocycles. The molecule has 4 heterocycles. The molecule has 0 amide bonds. The lowest BCUT2D eigenvalue weighted by Gasteiger charge is -2.58. The first-order valence-electron chi connectivity index (χ1n) is 11.9. The van der Waals surface area contributed by atoms with Gasteiger partial charge in [0.05, 0.1) is 30.5 Å². The maximum absolute atomic E-state index is 10.5. The second kappa shape index (κ2) is 9.77. The van der Waals surface area contributed by atoms with Crippen molar-refractivity contribution in [3.63, 3.8) is 0 Å². The van der Waals surface area contributed by atoms with Crippen molar-refractivity contribution < 1.29 is 59.4 Å². The molecule has 2 bridgehead atoms. The van der Waals surface area contributed by atoms with E-state index in [1.807, 2.05) is 20.8 Å². The first-order chi connectivity index (χ1) is 15.9. The third-order valence-corrected chi connectivity index (χ3v) is 7.89. The minimum atomic E-state index is -1.63. The Hall–Kier alpha value is -0.480. The van der Waals surface area contributed by atoms with Gasteiger partial charge >= 0.3 is 0 Å². The lowest BCUT2D eigenvalue weighted by molar-refractivity contribution is -0.361. The SMILES string of the molecule is CC1(C)O[C@@]2(C)CCC1C[C@@H]2O[C@@H]1O[C@H](CO[C@@H]2O[C@H](CO)[C@@H](O)[C@H](O)[C@H]2O)[C@@H](O)[C@H](O)[C@H]1O. The average Bonchev–Trinajstić information content (AvgIpc) is 2.78. The molecule has 7 N–H and O–H groups in total. The van der Waals surface area contributed by atoms with Crippen LogP contribution in [0.2, 0.25) is 0 Å². The van der Waals surface area contributed by atoms with E-state index in [-0.39, 0.29) is 11.5 Å². The summed E-state index contributed by atoms with van der Waals surface area (Å²) in [6.45, 7) is 5.03. The van der Waals surface area contributed by atoms with E-state index >= 15 is 0 Å². The van der Waals surface area contributed by atoms with Crippen molar-refractivity contribution in [1.82, 2.24) is 0 Å². The van der Waals surface area contributed by atoms with Gasteiger partial charge in [-0.05, 0) is 46.0 Å². The molecule has 5 rings (SSSR count). The summed E-state index contributed by atoms with van der Waals surface area (Å²) in [5.74, 6) is 0.265. The van der Waals surface area contributed by atoms with Gasteiger partial charge in [0.2, 0.25) is 0 Å². The van der Waals surface area contributed by atoms with Crippen molar-refractivity contribution in [1.29, 1.82) is 0 Å². The second-order valence-corrected chi connectivity index (χ2v) is 10.7. The fourth-order valence-electron chi connectivity index (χ4n) is 5.60. The van der Waals surface area contributed by atoms with Crippen LogP contribution in [0, 0.1) is 5.92 Å². The molecule has 1 saturated carbocycles. The molecule has 0 aromatic rings. The molecule has 1 aliphatic carbocycles. The highest BCUT2D eigenvalue weighted by Crippen LogP contribution is 2.51. The Labute approximate surface area is 198 Å². The van der Waals surface area contributed by atoms with E-state index in [1.54, 1.807) is 0 Å². The van der Waals surface area contributed by atoms with E-state index in [1.165, 1.54) is 0 Å². The van der Waals surface area contributed by atoms with Gasteiger partial charge in [0.15, 0.2) is 12.6 Å². The molecular weight excluding hydrogens is 456 g/mol. The van der Waals surface area contributed by atoms with Crippen LogP contribution in [0.5, 0.6) is 0 Å². The molecule has 0 aromatic carbocycles. The van der Waals surface area contributed by atoms with Crippen LogP contribution in [0.4, 0.5) is 0 Å². The van der Waals surface area contributed by atoms with Gasteiger partial charge in [-0.15, -0.1) is 0 Å². The summed E-state index contributed by atoms with van der Waals surface area (Å²) in [7, 11) is 0. The molecule has 0 aromatic heterocycles. The topological polar surface area (TPSA) is 188 Å². The van der Waals surface area contributed by atoms with Crippen molar-refractivity contribution in [3.8, 4) is 0 Å². The Bertz CT molecular complexity index is 705. The van der Waals surface area contributed by atoms with E-state index in [9.17, 15) is 35.7 Å². The highest BCUT2D eigenvalue weighted by Gasteiger charge is 2.56. The van der Waals surface area contributed by atoms with Gasteiger partial charge in [-0.3, -0.25) is 0 Å². The Morgan fingerprint density at radius 3 is 1.97 bits per heavy atom. The third-order valence-electron chi connectivity index (χ3n) is 7.89. The van der Waals surface area contributed by atoms with Gasteiger partial charge in [-0.2, -0.15) is 0 Å². The van der Waals surface area contributed by atoms with E-state index in [0.29, 0.717) is 6.42 Å². The molecule has 5 fully saturated rings. The van der Waals surface area contributed by atoms with Crippen LogP contribution in [0.15, 0.2) is 0 Å². The number of aliphatic hydroxyl groups excluding tert-OH is 7. The largest absolute Gasteiger partial charge is 0.394 e. The molecule has 12 heteroatoms. The lowest BCUT2D eigenvalue weighted by Crippen LogP contribution is -2.65. The molecule has 13 atom stereocenters. The van der Waals surface area contributed by atoms with E-state index in [2.05, 4.69) is 0 Å². The molecule has 4 saturated heterocycles. The monoisotopic (exact) mass is 494 g/mol. The quantitative estimate of drug-likeness (QED) is 0.204. The Kier molecular flexibility index (Phi) is 7.63. The second-order valence-electron chi connectivity index (χ2n) is 10.7. The van der Waals surface area contributed by atoms with Crippen LogP contribution in [0.3, 0.4) is 0 Å². The minimum Gasteiger partial charge on any atom is -0.394 e. The van der Waals surface area contributed by atoms with E-state index < -0.39 is 86.3 Å². The Morgan fingerprint density at radius 1 is 0.794 bits per heavy atom. The maximum Gasteiger partial charge on any atom is 0.187 e. The van der Waals surface area contributed by atoms with E-state index in [4.69, 9.17) is 23.7 Å². The summed E-state index contributed by atoms with van der Waals surface area (Å²) < 4.78 is 28.9. The van der Waals surface area contributed by atoms with Gasteiger partial charge in [-0.25, -0.2) is 0 Å². The molecule has 0 radical (unpaired) electrons. The molecule has 5 aliphatic rings. The van der Waals surface area contributed by atoms with Gasteiger partial charge in [0.1, 0.15) is 48.8 Å². The predicted molar refractivity (Wildman–Crippen MR) is 112 cm³/mol. The third kappa shape index (κ3) is 4.76. The van der Waals surface area contributed by atoms with Crippen molar-refractivity contribution >= 4 is 0 Å². The van der Waals surface area contributed by atoms with Gasteiger partial charge in [0, 0.05) is 0 Å². The fourth-order valence-corrected chi connectivity index (χ4v) is 5.60. The average molecular weight is 495 g/mol. The molecule has 1 unspecified atom stereocenters. The van der Waals surface area contributed by atoms with Crippen LogP contribution in [0.1, 0.15) is 40.0 Å².